The van der Waals surface area contributed by atoms with Gasteiger partial charge in [-0.05, 0) is 43.9 Å². The van der Waals surface area contributed by atoms with Crippen molar-refractivity contribution in [1.82, 2.24) is 0 Å². The van der Waals surface area contributed by atoms with Crippen LogP contribution in [0.3, 0.4) is 0 Å². The van der Waals surface area contributed by atoms with Crippen LogP contribution in [-0.4, -0.2) is 20.5 Å². The lowest BCUT2D eigenvalue weighted by Gasteiger charge is -2.27. The number of halogens is 2. The topological polar surface area (TPSA) is 34.1 Å². The molecule has 0 aliphatic heterocycles. The number of benzene rings is 1. The largest absolute Gasteiger partial charge is 0.293 e. The monoisotopic (exact) mass is 314 g/mol. The van der Waals surface area contributed by atoms with E-state index in [1.54, 1.807) is 6.92 Å². The Morgan fingerprint density at radius 2 is 2.00 bits per heavy atom. The summed E-state index contributed by atoms with van der Waals surface area (Å²) in [6.45, 7) is 3.74. The number of Topliss-reactive ketones (excluding diaryl/α,β-unsaturated/α-hetero) is 1. The summed E-state index contributed by atoms with van der Waals surface area (Å²) < 4.78 is 38.6. The molecule has 1 aromatic rings. The first-order chi connectivity index (χ1) is 9.90. The average Bonchev–Trinajstić information content (AvgIpc) is 2.47. The maximum absolute atomic E-state index is 13.2. The SMILES string of the molecule is CC1CCCC(S(=O)C(C)C(=O)c2ccc(F)c(F)c2)C1. The molecule has 5 heteroatoms. The van der Waals surface area contributed by atoms with E-state index in [-0.39, 0.29) is 16.6 Å². The van der Waals surface area contributed by atoms with Gasteiger partial charge in [0.25, 0.3) is 0 Å². The zero-order valence-corrected chi connectivity index (χ0v) is 13.1. The molecule has 0 radical (unpaired) electrons. The van der Waals surface area contributed by atoms with Gasteiger partial charge in [0, 0.05) is 21.6 Å². The third-order valence-electron chi connectivity index (χ3n) is 4.14. The van der Waals surface area contributed by atoms with Crippen LogP contribution in [0.2, 0.25) is 0 Å². The molecule has 0 bridgehead atoms. The highest BCUT2D eigenvalue weighted by molar-refractivity contribution is 7.87. The van der Waals surface area contributed by atoms with E-state index in [0.717, 1.165) is 37.8 Å². The zero-order chi connectivity index (χ0) is 15.6. The van der Waals surface area contributed by atoms with Gasteiger partial charge in [-0.15, -0.1) is 0 Å². The molecule has 1 aliphatic rings. The van der Waals surface area contributed by atoms with Crippen molar-refractivity contribution in [1.29, 1.82) is 0 Å². The Hall–Kier alpha value is -1.10. The number of carbonyl (C=O) groups excluding carboxylic acids is 1. The van der Waals surface area contributed by atoms with Gasteiger partial charge in [-0.25, -0.2) is 8.78 Å². The molecule has 4 atom stereocenters. The van der Waals surface area contributed by atoms with Crippen LogP contribution in [0, 0.1) is 17.6 Å². The lowest BCUT2D eigenvalue weighted by molar-refractivity contribution is 0.0991. The van der Waals surface area contributed by atoms with Crippen molar-refractivity contribution >= 4 is 16.6 Å². The first-order valence-electron chi connectivity index (χ1n) is 7.28. The fourth-order valence-electron chi connectivity index (χ4n) is 2.87. The molecule has 1 saturated carbocycles. The van der Waals surface area contributed by atoms with Crippen molar-refractivity contribution in [2.45, 2.75) is 50.0 Å². The van der Waals surface area contributed by atoms with Crippen LogP contribution in [0.5, 0.6) is 0 Å². The average molecular weight is 314 g/mol. The molecule has 21 heavy (non-hydrogen) atoms. The Balaban J connectivity index is 2.10. The fraction of sp³-hybridized carbons (Fsp3) is 0.562. The quantitative estimate of drug-likeness (QED) is 0.791. The Bertz CT molecular complexity index is 559. The number of hydrogen-bond donors (Lipinski definition) is 0. The van der Waals surface area contributed by atoms with Crippen LogP contribution in [0.25, 0.3) is 0 Å². The van der Waals surface area contributed by atoms with Gasteiger partial charge in [-0.1, -0.05) is 19.8 Å². The van der Waals surface area contributed by atoms with Crippen LogP contribution < -0.4 is 0 Å². The van der Waals surface area contributed by atoms with E-state index < -0.39 is 27.7 Å². The molecule has 0 aromatic heterocycles. The minimum absolute atomic E-state index is 0.0259. The smallest absolute Gasteiger partial charge is 0.178 e. The van der Waals surface area contributed by atoms with Crippen LogP contribution in [0.1, 0.15) is 49.9 Å². The predicted molar refractivity (Wildman–Crippen MR) is 79.7 cm³/mol. The Kier molecular flexibility index (Phi) is 5.25. The molecule has 0 N–H and O–H groups in total. The van der Waals surface area contributed by atoms with Gasteiger partial charge in [-0.2, -0.15) is 0 Å². The summed E-state index contributed by atoms with van der Waals surface area (Å²) in [5.74, 6) is -1.89. The first kappa shape index (κ1) is 16.3. The molecule has 1 aromatic carbocycles. The third kappa shape index (κ3) is 3.76. The van der Waals surface area contributed by atoms with Crippen molar-refractivity contribution in [2.24, 2.45) is 5.92 Å². The minimum atomic E-state index is -1.28. The maximum Gasteiger partial charge on any atom is 0.178 e. The molecule has 2 nitrogen and oxygen atoms in total. The van der Waals surface area contributed by atoms with Crippen LogP contribution in [-0.2, 0) is 10.8 Å². The van der Waals surface area contributed by atoms with Gasteiger partial charge >= 0.3 is 0 Å². The van der Waals surface area contributed by atoms with Gasteiger partial charge in [0.2, 0.25) is 0 Å². The lowest BCUT2D eigenvalue weighted by Crippen LogP contribution is -2.33. The van der Waals surface area contributed by atoms with E-state index in [1.807, 2.05) is 0 Å². The maximum atomic E-state index is 13.2. The van der Waals surface area contributed by atoms with Crippen LogP contribution >= 0.6 is 0 Å². The second kappa shape index (κ2) is 6.77. The predicted octanol–water partition coefficient (Wildman–Crippen LogP) is 3.86. The number of ketones is 1. The summed E-state index contributed by atoms with van der Waals surface area (Å²) in [5, 5.41) is -0.664. The molecule has 0 heterocycles. The Labute approximate surface area is 126 Å². The van der Waals surface area contributed by atoms with E-state index in [4.69, 9.17) is 0 Å². The summed E-state index contributed by atoms with van der Waals surface area (Å²) in [6, 6.07) is 3.06. The zero-order valence-electron chi connectivity index (χ0n) is 12.3. The van der Waals surface area contributed by atoms with E-state index in [9.17, 15) is 17.8 Å². The Morgan fingerprint density at radius 3 is 2.62 bits per heavy atom. The molecule has 1 fully saturated rings. The second-order valence-electron chi connectivity index (χ2n) is 5.86. The number of rotatable bonds is 4. The molecular formula is C16H20F2O2S. The molecule has 0 amide bonds. The van der Waals surface area contributed by atoms with Crippen molar-refractivity contribution in [3.63, 3.8) is 0 Å². The second-order valence-corrected chi connectivity index (χ2v) is 7.89. The highest BCUT2D eigenvalue weighted by Gasteiger charge is 2.31. The first-order valence-corrected chi connectivity index (χ1v) is 8.56. The summed E-state index contributed by atoms with van der Waals surface area (Å²) in [5.41, 5.74) is 0.0820. The molecule has 116 valence electrons. The summed E-state index contributed by atoms with van der Waals surface area (Å²) in [4.78, 5) is 12.3. The molecule has 4 unspecified atom stereocenters. The normalized spacial score (nSPS) is 25.3. The van der Waals surface area contributed by atoms with Gasteiger partial charge in [0.15, 0.2) is 17.4 Å². The standard InChI is InChI=1S/C16H20F2O2S/c1-10-4-3-5-13(8-10)21(20)11(2)16(19)12-6-7-14(17)15(18)9-12/h6-7,9-11,13H,3-5,8H2,1-2H3. The molecular weight excluding hydrogens is 294 g/mol. The Morgan fingerprint density at radius 1 is 1.29 bits per heavy atom. The molecule has 1 aliphatic carbocycles. The summed E-state index contributed by atoms with van der Waals surface area (Å²) in [7, 11) is -1.28. The van der Waals surface area contributed by atoms with Crippen LogP contribution in [0.4, 0.5) is 8.78 Å². The van der Waals surface area contributed by atoms with Crippen molar-refractivity contribution in [3.05, 3.63) is 35.4 Å². The molecule has 0 spiro atoms. The van der Waals surface area contributed by atoms with E-state index in [0.29, 0.717) is 5.92 Å². The van der Waals surface area contributed by atoms with Gasteiger partial charge in [0.1, 0.15) is 0 Å². The molecule has 0 saturated heterocycles. The van der Waals surface area contributed by atoms with Gasteiger partial charge < -0.3 is 0 Å². The van der Waals surface area contributed by atoms with E-state index >= 15 is 0 Å². The van der Waals surface area contributed by atoms with E-state index in [2.05, 4.69) is 6.92 Å². The fourth-order valence-corrected chi connectivity index (χ4v) is 4.71. The highest BCUT2D eigenvalue weighted by Crippen LogP contribution is 2.29. The summed E-state index contributed by atoms with van der Waals surface area (Å²) >= 11 is 0. The lowest BCUT2D eigenvalue weighted by atomic mass is 9.91. The number of hydrogen-bond acceptors (Lipinski definition) is 2. The van der Waals surface area contributed by atoms with Gasteiger partial charge in [0.05, 0.1) is 5.25 Å². The third-order valence-corrected chi connectivity index (χ3v) is 6.13. The van der Waals surface area contributed by atoms with E-state index in [1.165, 1.54) is 6.07 Å². The van der Waals surface area contributed by atoms with Crippen molar-refractivity contribution in [2.75, 3.05) is 0 Å². The minimum Gasteiger partial charge on any atom is -0.293 e. The molecule has 2 rings (SSSR count). The van der Waals surface area contributed by atoms with Crippen molar-refractivity contribution in [3.8, 4) is 0 Å². The van der Waals surface area contributed by atoms with Crippen LogP contribution in [0.15, 0.2) is 18.2 Å². The van der Waals surface area contributed by atoms with Crippen molar-refractivity contribution < 1.29 is 17.8 Å². The summed E-state index contributed by atoms with van der Waals surface area (Å²) in [6.07, 6.45) is 3.90. The van der Waals surface area contributed by atoms with Gasteiger partial charge in [-0.3, -0.25) is 9.00 Å². The number of carbonyl (C=O) groups is 1. The highest BCUT2D eigenvalue weighted by atomic mass is 32.2.